The quantitative estimate of drug-likeness (QED) is 0.560. The molecule has 1 heterocycles. The highest BCUT2D eigenvalue weighted by atomic mass is 16.2. The highest BCUT2D eigenvalue weighted by Gasteiger charge is 2.38. The first-order valence-electron chi connectivity index (χ1n) is 9.40. The molecule has 148 valence electrons. The number of nitrogens with one attached hydrogen (secondary N) is 2. The monoisotopic (exact) mass is 389 g/mol. The lowest BCUT2D eigenvalue weighted by Crippen LogP contribution is -2.32. The molecule has 0 spiro atoms. The third-order valence-corrected chi connectivity index (χ3v) is 4.61. The van der Waals surface area contributed by atoms with Crippen molar-refractivity contribution in [1.82, 2.24) is 4.90 Å². The summed E-state index contributed by atoms with van der Waals surface area (Å²) < 4.78 is 0. The highest BCUT2D eigenvalue weighted by Crippen LogP contribution is 2.31. The van der Waals surface area contributed by atoms with E-state index >= 15 is 0 Å². The Balaban J connectivity index is 2.00. The Morgan fingerprint density at radius 2 is 1.62 bits per heavy atom. The van der Waals surface area contributed by atoms with Crippen molar-refractivity contribution >= 4 is 34.7 Å². The van der Waals surface area contributed by atoms with Gasteiger partial charge in [-0.2, -0.15) is 0 Å². The number of carbonyl (C=O) groups excluding carboxylic acids is 3. The summed E-state index contributed by atoms with van der Waals surface area (Å²) in [5.41, 5.74) is 3.65. The van der Waals surface area contributed by atoms with Crippen LogP contribution in [0.1, 0.15) is 25.0 Å². The van der Waals surface area contributed by atoms with Crippen LogP contribution in [0.25, 0.3) is 5.57 Å². The number of rotatable bonds is 7. The molecule has 3 rings (SSSR count). The van der Waals surface area contributed by atoms with Gasteiger partial charge in [0.15, 0.2) is 0 Å². The van der Waals surface area contributed by atoms with Crippen LogP contribution in [-0.4, -0.2) is 29.2 Å². The zero-order valence-electron chi connectivity index (χ0n) is 16.5. The molecule has 0 bridgehead atoms. The molecule has 0 aliphatic carbocycles. The molecule has 0 saturated carbocycles. The van der Waals surface area contributed by atoms with E-state index in [1.807, 2.05) is 24.3 Å². The molecule has 29 heavy (non-hydrogen) atoms. The van der Waals surface area contributed by atoms with Gasteiger partial charge in [0.2, 0.25) is 5.91 Å². The molecule has 0 fully saturated rings. The molecule has 2 aromatic carbocycles. The second-order valence-electron chi connectivity index (χ2n) is 6.69. The minimum absolute atomic E-state index is 0.130. The maximum absolute atomic E-state index is 13.0. The fourth-order valence-corrected chi connectivity index (χ4v) is 3.15. The molecule has 3 amide bonds. The van der Waals surface area contributed by atoms with E-state index in [0.29, 0.717) is 16.8 Å². The van der Waals surface area contributed by atoms with Crippen molar-refractivity contribution < 1.29 is 14.4 Å². The van der Waals surface area contributed by atoms with E-state index < -0.39 is 5.91 Å². The van der Waals surface area contributed by atoms with Gasteiger partial charge in [0.25, 0.3) is 11.8 Å². The van der Waals surface area contributed by atoms with E-state index in [2.05, 4.69) is 24.1 Å². The second kappa shape index (κ2) is 8.56. The summed E-state index contributed by atoms with van der Waals surface area (Å²) in [5.74, 6) is -0.954. The van der Waals surface area contributed by atoms with E-state index in [0.717, 1.165) is 17.0 Å². The summed E-state index contributed by atoms with van der Waals surface area (Å²) in [5, 5.41) is 5.81. The number of hydrogen-bond acceptors (Lipinski definition) is 4. The normalized spacial score (nSPS) is 13.7. The number of aryl methyl sites for hydroxylation is 1. The Morgan fingerprint density at radius 3 is 2.17 bits per heavy atom. The average Bonchev–Trinajstić information content (AvgIpc) is 2.93. The molecule has 0 atom stereocenters. The Labute approximate surface area is 169 Å². The van der Waals surface area contributed by atoms with Gasteiger partial charge in [-0.05, 0) is 41.8 Å². The van der Waals surface area contributed by atoms with Crippen molar-refractivity contribution in [3.8, 4) is 0 Å². The van der Waals surface area contributed by atoms with Gasteiger partial charge in [-0.25, -0.2) is 0 Å². The molecule has 0 aromatic heterocycles. The third kappa shape index (κ3) is 4.27. The van der Waals surface area contributed by atoms with Crippen LogP contribution >= 0.6 is 0 Å². The average molecular weight is 389 g/mol. The van der Waals surface area contributed by atoms with Gasteiger partial charge >= 0.3 is 0 Å². The van der Waals surface area contributed by atoms with Crippen LogP contribution in [-0.2, 0) is 20.8 Å². The lowest BCUT2D eigenvalue weighted by molar-refractivity contribution is -0.136. The zero-order chi connectivity index (χ0) is 21.0. The smallest absolute Gasteiger partial charge is 0.278 e. The minimum Gasteiger partial charge on any atom is -0.350 e. The van der Waals surface area contributed by atoms with Gasteiger partial charge in [0.1, 0.15) is 5.70 Å². The Bertz CT molecular complexity index is 989. The van der Waals surface area contributed by atoms with E-state index in [1.54, 1.807) is 24.3 Å². The van der Waals surface area contributed by atoms with E-state index in [1.165, 1.54) is 18.6 Å². The number of anilines is 2. The predicted molar refractivity (Wildman–Crippen MR) is 114 cm³/mol. The Morgan fingerprint density at radius 1 is 1.00 bits per heavy atom. The van der Waals surface area contributed by atoms with Crippen LogP contribution in [0, 0.1) is 0 Å². The Kier molecular flexibility index (Phi) is 5.93. The maximum atomic E-state index is 13.0. The first-order valence-corrected chi connectivity index (χ1v) is 9.40. The number of nitrogens with zero attached hydrogens (tertiary/aromatic N) is 1. The summed E-state index contributed by atoms with van der Waals surface area (Å²) in [6, 6.07) is 14.6. The van der Waals surface area contributed by atoms with Crippen LogP contribution in [0.3, 0.4) is 0 Å². The number of carbonyl (C=O) groups is 3. The standard InChI is InChI=1S/C23H23N3O3/c1-4-14-26-22(28)20(17-8-12-18(13-9-17)24-15(3)27)21(23(26)29)25-19-10-6-16(5-2)7-11-19/h4,6-13,25H,1,5,14H2,2-3H3,(H,24,27). The van der Waals surface area contributed by atoms with Crippen LogP contribution in [0.2, 0.25) is 0 Å². The van der Waals surface area contributed by atoms with Gasteiger partial charge in [0, 0.05) is 24.8 Å². The summed E-state index contributed by atoms with van der Waals surface area (Å²) in [6.07, 6.45) is 2.44. The lowest BCUT2D eigenvalue weighted by Gasteiger charge is -2.12. The molecule has 1 aliphatic heterocycles. The van der Waals surface area contributed by atoms with Crippen molar-refractivity contribution in [3.63, 3.8) is 0 Å². The van der Waals surface area contributed by atoms with Crippen molar-refractivity contribution in [2.75, 3.05) is 17.2 Å². The second-order valence-corrected chi connectivity index (χ2v) is 6.69. The molecular formula is C23H23N3O3. The maximum Gasteiger partial charge on any atom is 0.278 e. The Hall–Kier alpha value is -3.67. The number of benzene rings is 2. The summed E-state index contributed by atoms with van der Waals surface area (Å²) in [6.45, 7) is 7.26. The van der Waals surface area contributed by atoms with Crippen LogP contribution in [0.15, 0.2) is 66.9 Å². The first kappa shape index (κ1) is 20.1. The third-order valence-electron chi connectivity index (χ3n) is 4.61. The fraction of sp³-hybridized carbons (Fsp3) is 0.174. The van der Waals surface area contributed by atoms with Gasteiger partial charge in [-0.3, -0.25) is 19.3 Å². The molecule has 6 nitrogen and oxygen atoms in total. The fourth-order valence-electron chi connectivity index (χ4n) is 3.15. The lowest BCUT2D eigenvalue weighted by atomic mass is 10.0. The van der Waals surface area contributed by atoms with E-state index in [9.17, 15) is 14.4 Å². The van der Waals surface area contributed by atoms with E-state index in [4.69, 9.17) is 0 Å². The molecule has 0 unspecified atom stereocenters. The topological polar surface area (TPSA) is 78.5 Å². The highest BCUT2D eigenvalue weighted by molar-refractivity contribution is 6.36. The van der Waals surface area contributed by atoms with Gasteiger partial charge in [0.05, 0.1) is 5.57 Å². The molecule has 6 heteroatoms. The minimum atomic E-state index is -0.393. The SMILES string of the molecule is C=CCN1C(=O)C(Nc2ccc(CC)cc2)=C(c2ccc(NC(C)=O)cc2)C1=O. The largest absolute Gasteiger partial charge is 0.350 e. The first-order chi connectivity index (χ1) is 13.9. The molecule has 0 radical (unpaired) electrons. The van der Waals surface area contributed by atoms with Gasteiger partial charge in [-0.15, -0.1) is 6.58 Å². The number of imide groups is 1. The molecular weight excluding hydrogens is 366 g/mol. The van der Waals surface area contributed by atoms with Crippen molar-refractivity contribution in [2.24, 2.45) is 0 Å². The van der Waals surface area contributed by atoms with E-state index in [-0.39, 0.29) is 24.1 Å². The van der Waals surface area contributed by atoms with Crippen LogP contribution in [0.4, 0.5) is 11.4 Å². The number of hydrogen-bond donors (Lipinski definition) is 2. The zero-order valence-corrected chi connectivity index (χ0v) is 16.5. The van der Waals surface area contributed by atoms with Crippen LogP contribution in [0.5, 0.6) is 0 Å². The molecule has 2 aromatic rings. The van der Waals surface area contributed by atoms with Crippen molar-refractivity contribution in [2.45, 2.75) is 20.3 Å². The van der Waals surface area contributed by atoms with Crippen molar-refractivity contribution in [1.29, 1.82) is 0 Å². The predicted octanol–water partition coefficient (Wildman–Crippen LogP) is 3.59. The molecule has 0 saturated heterocycles. The number of amides is 3. The summed E-state index contributed by atoms with van der Waals surface area (Å²) in [7, 11) is 0. The molecule has 2 N–H and O–H groups in total. The summed E-state index contributed by atoms with van der Waals surface area (Å²) in [4.78, 5) is 38.2. The summed E-state index contributed by atoms with van der Waals surface area (Å²) >= 11 is 0. The van der Waals surface area contributed by atoms with Crippen molar-refractivity contribution in [3.05, 3.63) is 78.0 Å². The molecule has 1 aliphatic rings. The van der Waals surface area contributed by atoms with Gasteiger partial charge in [-0.1, -0.05) is 37.3 Å². The van der Waals surface area contributed by atoms with Crippen LogP contribution < -0.4 is 10.6 Å². The van der Waals surface area contributed by atoms with Gasteiger partial charge < -0.3 is 10.6 Å².